The molecular formula is C19H22ClN3O3. The molecule has 3 N–H and O–H groups in total. The number of carbonyl (C=O) groups excluding carboxylic acids is 3. The number of rotatable bonds is 4. The number of anilines is 1. The van der Waals surface area contributed by atoms with Crippen LogP contribution in [0.4, 0.5) is 5.69 Å². The lowest BCUT2D eigenvalue weighted by atomic mass is 9.85. The van der Waals surface area contributed by atoms with E-state index in [0.29, 0.717) is 11.3 Å². The van der Waals surface area contributed by atoms with Crippen LogP contribution in [-0.4, -0.2) is 35.7 Å². The van der Waals surface area contributed by atoms with Gasteiger partial charge in [-0.25, -0.2) is 0 Å². The van der Waals surface area contributed by atoms with Crippen LogP contribution in [0.1, 0.15) is 22.3 Å². The van der Waals surface area contributed by atoms with Gasteiger partial charge in [0.05, 0.1) is 11.8 Å². The van der Waals surface area contributed by atoms with Crippen molar-refractivity contribution in [3.8, 4) is 0 Å². The highest BCUT2D eigenvalue weighted by molar-refractivity contribution is 6.06. The molecule has 0 radical (unpaired) electrons. The molecule has 1 heterocycles. The quantitative estimate of drug-likeness (QED) is 0.474. The first-order valence-corrected chi connectivity index (χ1v) is 8.65. The maximum absolute atomic E-state index is 12.6. The van der Waals surface area contributed by atoms with E-state index < -0.39 is 0 Å². The Hall–Kier alpha value is -2.34. The average Bonchev–Trinajstić information content (AvgIpc) is 3.26. The number of benzene rings is 1. The van der Waals surface area contributed by atoms with Crippen molar-refractivity contribution in [3.05, 3.63) is 41.5 Å². The number of imide groups is 1. The summed E-state index contributed by atoms with van der Waals surface area (Å²) < 4.78 is 0. The molecule has 2 aliphatic carbocycles. The fourth-order valence-corrected chi connectivity index (χ4v) is 4.45. The first-order chi connectivity index (χ1) is 12.0. The molecule has 1 saturated carbocycles. The molecule has 4 atom stereocenters. The summed E-state index contributed by atoms with van der Waals surface area (Å²) in [6, 6.07) is 5.17. The van der Waals surface area contributed by atoms with Crippen molar-refractivity contribution in [2.45, 2.75) is 13.3 Å². The molecule has 1 aromatic rings. The zero-order valence-electron chi connectivity index (χ0n) is 14.5. The fraction of sp³-hybridized carbons (Fsp3) is 0.421. The highest BCUT2D eigenvalue weighted by Gasteiger charge is 2.58. The van der Waals surface area contributed by atoms with Crippen LogP contribution in [0.3, 0.4) is 0 Å². The van der Waals surface area contributed by atoms with E-state index in [0.717, 1.165) is 12.0 Å². The molecule has 4 unspecified atom stereocenters. The number of likely N-dealkylation sites (tertiary alicyclic amines) is 1. The highest BCUT2D eigenvalue weighted by atomic mass is 35.5. The molecule has 6 nitrogen and oxygen atoms in total. The van der Waals surface area contributed by atoms with Gasteiger partial charge in [0.1, 0.15) is 0 Å². The summed E-state index contributed by atoms with van der Waals surface area (Å²) >= 11 is 0. The number of amides is 3. The largest absolute Gasteiger partial charge is 0.399 e. The lowest BCUT2D eigenvalue weighted by Gasteiger charge is -2.17. The van der Waals surface area contributed by atoms with E-state index in [4.69, 9.17) is 5.73 Å². The van der Waals surface area contributed by atoms with Crippen LogP contribution < -0.4 is 11.1 Å². The number of halogens is 1. The molecule has 7 heteroatoms. The Morgan fingerprint density at radius 2 is 1.81 bits per heavy atom. The van der Waals surface area contributed by atoms with Gasteiger partial charge in [-0.05, 0) is 42.9 Å². The first kappa shape index (κ1) is 18.5. The summed E-state index contributed by atoms with van der Waals surface area (Å²) in [5, 5.41) is 2.78. The minimum atomic E-state index is -0.245. The third-order valence-corrected chi connectivity index (χ3v) is 5.69. The number of fused-ring (bicyclic) bond motifs is 5. The second kappa shape index (κ2) is 6.76. The van der Waals surface area contributed by atoms with E-state index in [9.17, 15) is 14.4 Å². The lowest BCUT2D eigenvalue weighted by molar-refractivity contribution is -0.140. The van der Waals surface area contributed by atoms with E-state index in [1.165, 1.54) is 4.90 Å². The Morgan fingerprint density at radius 1 is 1.19 bits per heavy atom. The van der Waals surface area contributed by atoms with Crippen LogP contribution in [0.5, 0.6) is 0 Å². The summed E-state index contributed by atoms with van der Waals surface area (Å²) in [4.78, 5) is 38.8. The van der Waals surface area contributed by atoms with E-state index in [1.807, 2.05) is 6.92 Å². The maximum atomic E-state index is 12.6. The van der Waals surface area contributed by atoms with Crippen LogP contribution in [0.25, 0.3) is 0 Å². The molecule has 2 fully saturated rings. The standard InChI is InChI=1S/C19H21N3O3.ClH/c1-10-2-5-13(20)9-14(10)17(23)21-6-7-22-18(24)15-11-3-4-12(8-11)16(15)19(22)25;/h2-5,9,11-12,15-16H,6-8,20H2,1H3,(H,21,23);1H. The summed E-state index contributed by atoms with van der Waals surface area (Å²) in [5.74, 6) is -0.362. The van der Waals surface area contributed by atoms with Gasteiger partial charge in [0.2, 0.25) is 11.8 Å². The first-order valence-electron chi connectivity index (χ1n) is 8.65. The van der Waals surface area contributed by atoms with Gasteiger partial charge in [0.25, 0.3) is 5.91 Å². The Labute approximate surface area is 158 Å². The molecule has 138 valence electrons. The van der Waals surface area contributed by atoms with Crippen molar-refractivity contribution in [2.75, 3.05) is 18.8 Å². The minimum Gasteiger partial charge on any atom is -0.399 e. The zero-order valence-corrected chi connectivity index (χ0v) is 15.3. The van der Waals surface area contributed by atoms with Gasteiger partial charge in [-0.15, -0.1) is 12.4 Å². The molecule has 0 aromatic heterocycles. The second-order valence-electron chi connectivity index (χ2n) is 7.16. The number of nitrogens with two attached hydrogens (primary N) is 1. The molecule has 3 aliphatic rings. The van der Waals surface area contributed by atoms with E-state index in [-0.39, 0.29) is 66.9 Å². The van der Waals surface area contributed by atoms with Crippen molar-refractivity contribution in [3.63, 3.8) is 0 Å². The average molecular weight is 376 g/mol. The zero-order chi connectivity index (χ0) is 17.7. The third kappa shape index (κ3) is 2.78. The summed E-state index contributed by atoms with van der Waals surface area (Å²) in [7, 11) is 0. The molecule has 1 aliphatic heterocycles. The van der Waals surface area contributed by atoms with Crippen LogP contribution in [-0.2, 0) is 9.59 Å². The van der Waals surface area contributed by atoms with Crippen LogP contribution >= 0.6 is 12.4 Å². The predicted octanol–water partition coefficient (Wildman–Crippen LogP) is 1.54. The molecule has 1 saturated heterocycles. The second-order valence-corrected chi connectivity index (χ2v) is 7.16. The van der Waals surface area contributed by atoms with Gasteiger partial charge in [-0.3, -0.25) is 19.3 Å². The van der Waals surface area contributed by atoms with Crippen molar-refractivity contribution >= 4 is 35.8 Å². The van der Waals surface area contributed by atoms with Crippen molar-refractivity contribution in [1.29, 1.82) is 0 Å². The summed E-state index contributed by atoms with van der Waals surface area (Å²) in [5.41, 5.74) is 7.60. The normalized spacial score (nSPS) is 28.3. The number of nitrogens with one attached hydrogen (secondary N) is 1. The van der Waals surface area contributed by atoms with Gasteiger partial charge in [-0.2, -0.15) is 0 Å². The number of hydrogen-bond acceptors (Lipinski definition) is 4. The van der Waals surface area contributed by atoms with E-state index >= 15 is 0 Å². The Balaban J connectivity index is 0.00000196. The Kier molecular flexibility index (Phi) is 4.80. The Bertz CT molecular complexity index is 777. The molecule has 4 rings (SSSR count). The summed E-state index contributed by atoms with van der Waals surface area (Å²) in [6.45, 7) is 2.30. The van der Waals surface area contributed by atoms with Gasteiger partial charge >= 0.3 is 0 Å². The monoisotopic (exact) mass is 375 g/mol. The van der Waals surface area contributed by atoms with Gasteiger partial charge in [0.15, 0.2) is 0 Å². The van der Waals surface area contributed by atoms with Crippen molar-refractivity contribution in [1.82, 2.24) is 10.2 Å². The van der Waals surface area contributed by atoms with E-state index in [2.05, 4.69) is 17.5 Å². The SMILES string of the molecule is Cc1ccc(N)cc1C(=O)NCCN1C(=O)C2C3C=CC(C3)C2C1=O.Cl. The summed E-state index contributed by atoms with van der Waals surface area (Å²) in [6.07, 6.45) is 5.07. The maximum Gasteiger partial charge on any atom is 0.251 e. The molecule has 26 heavy (non-hydrogen) atoms. The predicted molar refractivity (Wildman–Crippen MR) is 99.6 cm³/mol. The van der Waals surface area contributed by atoms with Gasteiger partial charge in [-0.1, -0.05) is 18.2 Å². The third-order valence-electron chi connectivity index (χ3n) is 5.69. The number of aryl methyl sites for hydroxylation is 1. The van der Waals surface area contributed by atoms with Crippen molar-refractivity contribution < 1.29 is 14.4 Å². The van der Waals surface area contributed by atoms with Gasteiger partial charge in [0, 0.05) is 24.3 Å². The fourth-order valence-electron chi connectivity index (χ4n) is 4.45. The molecule has 1 aromatic carbocycles. The molecule has 2 bridgehead atoms. The Morgan fingerprint density at radius 3 is 2.42 bits per heavy atom. The highest BCUT2D eigenvalue weighted by Crippen LogP contribution is 2.52. The molecule has 3 amide bonds. The molecular weight excluding hydrogens is 354 g/mol. The van der Waals surface area contributed by atoms with Crippen LogP contribution in [0, 0.1) is 30.6 Å². The number of carbonyl (C=O) groups is 3. The van der Waals surface area contributed by atoms with Crippen LogP contribution in [0.2, 0.25) is 0 Å². The van der Waals surface area contributed by atoms with Crippen molar-refractivity contribution in [2.24, 2.45) is 23.7 Å². The van der Waals surface area contributed by atoms with E-state index in [1.54, 1.807) is 18.2 Å². The number of allylic oxidation sites excluding steroid dienone is 2. The number of hydrogen-bond donors (Lipinski definition) is 2. The minimum absolute atomic E-state index is 0. The number of nitrogen functional groups attached to an aromatic ring is 1. The lowest BCUT2D eigenvalue weighted by Crippen LogP contribution is -2.39. The molecule has 0 spiro atoms. The van der Waals surface area contributed by atoms with Crippen LogP contribution in [0.15, 0.2) is 30.4 Å². The smallest absolute Gasteiger partial charge is 0.251 e. The topological polar surface area (TPSA) is 92.5 Å². The van der Waals surface area contributed by atoms with Gasteiger partial charge < -0.3 is 11.1 Å². The number of nitrogens with zero attached hydrogens (tertiary/aromatic N) is 1.